The number of alkyl halides is 1. The lowest BCUT2D eigenvalue weighted by atomic mass is 9.90. The molecule has 1 aliphatic heterocycles. The van der Waals surface area contributed by atoms with Crippen molar-refractivity contribution in [1.29, 1.82) is 0 Å². The standard InChI is InChI=1S/C34H32F2N6O3/c35-22-13-28(33(45)40-34(25-3-1-2-4-26(25)36)30-19-5-6-20(11-19)31(30)34)42(15-22)29(43)17-41-16-24(32(37)44)23-12-18(7-8-27(23)41)21-9-10-38-39-14-21/h1-4,7-10,12,14,16,19-20,22,28,30-31H,5-6,11,13,15,17H2,(H2,37,44)(H,40,45). The predicted molar refractivity (Wildman–Crippen MR) is 161 cm³/mol. The molecule has 3 heterocycles. The number of carbonyl (C=O) groups is 3. The predicted octanol–water partition coefficient (Wildman–Crippen LogP) is 3.96. The first kappa shape index (κ1) is 27.8. The number of likely N-dealkylation sites (tertiary alicyclic amines) is 1. The Morgan fingerprint density at radius 1 is 1.00 bits per heavy atom. The van der Waals surface area contributed by atoms with Gasteiger partial charge in [0.05, 0.1) is 30.0 Å². The summed E-state index contributed by atoms with van der Waals surface area (Å²) in [5, 5.41) is 11.5. The maximum atomic E-state index is 15.2. The number of aromatic nitrogens is 3. The lowest BCUT2D eigenvalue weighted by molar-refractivity contribution is -0.139. The zero-order chi connectivity index (χ0) is 31.0. The van der Waals surface area contributed by atoms with Crippen LogP contribution in [-0.4, -0.2) is 56.1 Å². The zero-order valence-electron chi connectivity index (χ0n) is 24.4. The van der Waals surface area contributed by atoms with E-state index in [2.05, 4.69) is 15.5 Å². The summed E-state index contributed by atoms with van der Waals surface area (Å²) in [6.07, 6.45) is 6.42. The van der Waals surface area contributed by atoms with Gasteiger partial charge in [0, 0.05) is 34.6 Å². The Morgan fingerprint density at radius 3 is 2.49 bits per heavy atom. The van der Waals surface area contributed by atoms with E-state index in [0.29, 0.717) is 28.3 Å². The fraction of sp³-hybridized carbons (Fsp3) is 0.382. The molecule has 0 spiro atoms. The normalized spacial score (nSPS) is 29.6. The molecular weight excluding hydrogens is 578 g/mol. The Labute approximate surface area is 257 Å². The summed E-state index contributed by atoms with van der Waals surface area (Å²) in [6.45, 7) is -0.437. The highest BCUT2D eigenvalue weighted by Crippen LogP contribution is 2.75. The van der Waals surface area contributed by atoms with Crippen LogP contribution in [0, 0.1) is 29.5 Å². The molecule has 8 rings (SSSR count). The van der Waals surface area contributed by atoms with Gasteiger partial charge in [-0.05, 0) is 72.8 Å². The third-order valence-electron chi connectivity index (χ3n) is 10.8. The number of nitrogens with one attached hydrogen (secondary N) is 1. The van der Waals surface area contributed by atoms with Gasteiger partial charge in [0.1, 0.15) is 24.6 Å². The first-order valence-electron chi connectivity index (χ1n) is 15.5. The molecule has 0 radical (unpaired) electrons. The summed E-state index contributed by atoms with van der Waals surface area (Å²) in [5.41, 5.74) is 7.78. The Hall–Kier alpha value is -4.67. The van der Waals surface area contributed by atoms with Gasteiger partial charge in [-0.25, -0.2) is 8.78 Å². The zero-order valence-corrected chi connectivity index (χ0v) is 24.4. The number of benzene rings is 2. The molecule has 3 saturated carbocycles. The van der Waals surface area contributed by atoms with Gasteiger partial charge in [-0.15, -0.1) is 0 Å². The van der Waals surface area contributed by atoms with Gasteiger partial charge in [-0.2, -0.15) is 10.2 Å². The Bertz CT molecular complexity index is 1850. The van der Waals surface area contributed by atoms with Crippen molar-refractivity contribution in [3.63, 3.8) is 0 Å². The van der Waals surface area contributed by atoms with Gasteiger partial charge in [0.2, 0.25) is 11.8 Å². The number of nitrogens with zero attached hydrogens (tertiary/aromatic N) is 4. The topological polar surface area (TPSA) is 123 Å². The highest BCUT2D eigenvalue weighted by molar-refractivity contribution is 6.07. The van der Waals surface area contributed by atoms with Crippen LogP contribution in [0.5, 0.6) is 0 Å². The quantitative estimate of drug-likeness (QED) is 0.328. The van der Waals surface area contributed by atoms with Crippen molar-refractivity contribution >= 4 is 28.6 Å². The molecule has 45 heavy (non-hydrogen) atoms. The molecule has 4 aliphatic rings. The van der Waals surface area contributed by atoms with E-state index in [1.807, 2.05) is 6.07 Å². The highest BCUT2D eigenvalue weighted by atomic mass is 19.1. The molecule has 6 unspecified atom stereocenters. The second kappa shape index (κ2) is 10.2. The van der Waals surface area contributed by atoms with Gasteiger partial charge in [0.15, 0.2) is 0 Å². The number of carbonyl (C=O) groups excluding carboxylic acids is 3. The summed E-state index contributed by atoms with van der Waals surface area (Å²) >= 11 is 0. The monoisotopic (exact) mass is 610 g/mol. The first-order chi connectivity index (χ1) is 21.8. The first-order valence-corrected chi connectivity index (χ1v) is 15.5. The molecule has 2 aromatic heterocycles. The molecule has 4 fully saturated rings. The van der Waals surface area contributed by atoms with Crippen LogP contribution in [0.15, 0.2) is 67.1 Å². The van der Waals surface area contributed by atoms with Crippen LogP contribution in [0.25, 0.3) is 22.0 Å². The van der Waals surface area contributed by atoms with Crippen molar-refractivity contribution < 1.29 is 23.2 Å². The van der Waals surface area contributed by atoms with Gasteiger partial charge < -0.3 is 20.5 Å². The molecular formula is C34H32F2N6O3. The number of halogens is 2. The van der Waals surface area contributed by atoms with Crippen molar-refractivity contribution in [3.05, 3.63) is 84.1 Å². The van der Waals surface area contributed by atoms with E-state index in [-0.39, 0.29) is 42.7 Å². The fourth-order valence-electron chi connectivity index (χ4n) is 8.97. The Balaban J connectivity index is 1.07. The van der Waals surface area contributed by atoms with E-state index >= 15 is 4.39 Å². The molecule has 9 nitrogen and oxygen atoms in total. The van der Waals surface area contributed by atoms with E-state index in [1.165, 1.54) is 17.2 Å². The molecule has 3 amide bonds. The third kappa shape index (κ3) is 4.27. The minimum Gasteiger partial charge on any atom is -0.366 e. The molecule has 1 saturated heterocycles. The van der Waals surface area contributed by atoms with Crippen LogP contribution < -0.4 is 11.1 Å². The fourth-order valence-corrected chi connectivity index (χ4v) is 8.97. The van der Waals surface area contributed by atoms with Crippen LogP contribution in [0.2, 0.25) is 0 Å². The van der Waals surface area contributed by atoms with Crippen LogP contribution in [0.4, 0.5) is 8.78 Å². The average molecular weight is 611 g/mol. The lowest BCUT2D eigenvalue weighted by Crippen LogP contribution is -2.51. The molecule has 3 N–H and O–H groups in total. The van der Waals surface area contributed by atoms with E-state index in [9.17, 15) is 18.8 Å². The number of hydrogen-bond acceptors (Lipinski definition) is 5. The molecule has 11 heteroatoms. The summed E-state index contributed by atoms with van der Waals surface area (Å²) in [7, 11) is 0. The Morgan fingerprint density at radius 2 is 1.78 bits per heavy atom. The average Bonchev–Trinajstić information content (AvgIpc) is 3.55. The molecule has 6 atom stereocenters. The molecule has 2 aromatic carbocycles. The van der Waals surface area contributed by atoms with Gasteiger partial charge in [-0.1, -0.05) is 24.3 Å². The summed E-state index contributed by atoms with van der Waals surface area (Å²) in [6, 6.07) is 12.8. The van der Waals surface area contributed by atoms with Crippen LogP contribution in [-0.2, 0) is 21.7 Å². The van der Waals surface area contributed by atoms with Crippen molar-refractivity contribution in [2.24, 2.45) is 29.4 Å². The Kier molecular flexibility index (Phi) is 6.30. The number of primary amides is 1. The van der Waals surface area contributed by atoms with Gasteiger partial charge in [0.25, 0.3) is 5.91 Å². The second-order valence-corrected chi connectivity index (χ2v) is 13.0. The summed E-state index contributed by atoms with van der Waals surface area (Å²) in [4.78, 5) is 41.4. The summed E-state index contributed by atoms with van der Waals surface area (Å²) in [5.74, 6) is -0.777. The van der Waals surface area contributed by atoms with Crippen LogP contribution in [0.3, 0.4) is 0 Å². The lowest BCUT2D eigenvalue weighted by Gasteiger charge is -2.30. The highest BCUT2D eigenvalue weighted by Gasteiger charge is 2.76. The van der Waals surface area contributed by atoms with E-state index in [0.717, 1.165) is 30.4 Å². The van der Waals surface area contributed by atoms with Gasteiger partial charge >= 0.3 is 0 Å². The second-order valence-electron chi connectivity index (χ2n) is 13.0. The molecule has 2 bridgehead atoms. The van der Waals surface area contributed by atoms with E-state index < -0.39 is 35.5 Å². The van der Waals surface area contributed by atoms with E-state index in [1.54, 1.807) is 53.4 Å². The van der Waals surface area contributed by atoms with E-state index in [4.69, 9.17) is 5.73 Å². The SMILES string of the molecule is NC(=O)c1cn(CC(=O)N2CC(F)CC2C(=O)NC2(c3ccccc3F)C3C4CCC(C4)C32)c2ccc(-c3ccnnc3)cc12. The number of nitrogens with two attached hydrogens (primary N) is 1. The third-order valence-corrected chi connectivity index (χ3v) is 10.8. The largest absolute Gasteiger partial charge is 0.366 e. The molecule has 3 aliphatic carbocycles. The smallest absolute Gasteiger partial charge is 0.250 e. The molecule has 230 valence electrons. The number of amides is 3. The van der Waals surface area contributed by atoms with Gasteiger partial charge in [-0.3, -0.25) is 14.4 Å². The minimum atomic E-state index is -1.37. The van der Waals surface area contributed by atoms with Crippen molar-refractivity contribution in [3.8, 4) is 11.1 Å². The van der Waals surface area contributed by atoms with Crippen molar-refractivity contribution in [2.45, 2.75) is 50.0 Å². The number of rotatable bonds is 7. The number of hydrogen-bond donors (Lipinski definition) is 2. The van der Waals surface area contributed by atoms with Crippen LogP contribution in [0.1, 0.15) is 41.6 Å². The minimum absolute atomic E-state index is 0.130. The summed E-state index contributed by atoms with van der Waals surface area (Å²) < 4.78 is 31.8. The van der Waals surface area contributed by atoms with Crippen molar-refractivity contribution in [2.75, 3.05) is 6.54 Å². The van der Waals surface area contributed by atoms with Crippen LogP contribution >= 0.6 is 0 Å². The maximum Gasteiger partial charge on any atom is 0.250 e. The molecule has 4 aromatic rings. The maximum absolute atomic E-state index is 15.2. The number of fused-ring (bicyclic) bond motifs is 6. The van der Waals surface area contributed by atoms with Crippen molar-refractivity contribution in [1.82, 2.24) is 25.0 Å².